The van der Waals surface area contributed by atoms with Gasteiger partial charge in [0.25, 0.3) is 5.91 Å². The van der Waals surface area contributed by atoms with Gasteiger partial charge in [0.15, 0.2) is 0 Å². The van der Waals surface area contributed by atoms with Crippen LogP contribution >= 0.6 is 11.3 Å². The molecule has 0 atom stereocenters. The minimum absolute atomic E-state index is 0.164. The van der Waals surface area contributed by atoms with Crippen molar-refractivity contribution in [2.45, 2.75) is 25.2 Å². The van der Waals surface area contributed by atoms with Crippen LogP contribution in [0.25, 0.3) is 10.6 Å². The molecule has 0 radical (unpaired) electrons. The highest BCUT2D eigenvalue weighted by molar-refractivity contribution is 7.89. The van der Waals surface area contributed by atoms with E-state index >= 15 is 0 Å². The van der Waals surface area contributed by atoms with Crippen molar-refractivity contribution in [2.75, 3.05) is 26.2 Å². The molecule has 1 amide bonds. The van der Waals surface area contributed by atoms with Gasteiger partial charge in [0.1, 0.15) is 15.6 Å². The third-order valence-electron chi connectivity index (χ3n) is 5.14. The van der Waals surface area contributed by atoms with Gasteiger partial charge in [-0.25, -0.2) is 13.4 Å². The van der Waals surface area contributed by atoms with Crippen LogP contribution in [0, 0.1) is 13.8 Å². The van der Waals surface area contributed by atoms with Gasteiger partial charge in [-0.05, 0) is 20.3 Å². The molecule has 1 aliphatic heterocycles. The molecular formula is C20H23N5O3S2. The fourth-order valence-electron chi connectivity index (χ4n) is 3.63. The quantitative estimate of drug-likeness (QED) is 0.666. The van der Waals surface area contributed by atoms with Gasteiger partial charge < -0.3 is 4.90 Å². The number of aromatic amines is 1. The number of thiazole rings is 1. The summed E-state index contributed by atoms with van der Waals surface area (Å²) < 4.78 is 27.6. The van der Waals surface area contributed by atoms with Crippen molar-refractivity contribution in [2.24, 2.45) is 0 Å². The summed E-state index contributed by atoms with van der Waals surface area (Å²) >= 11 is 1.43. The zero-order valence-corrected chi connectivity index (χ0v) is 18.5. The molecule has 158 valence electrons. The first-order valence-corrected chi connectivity index (χ1v) is 12.0. The van der Waals surface area contributed by atoms with Crippen molar-refractivity contribution in [1.82, 2.24) is 24.4 Å². The van der Waals surface area contributed by atoms with Gasteiger partial charge in [-0.1, -0.05) is 30.3 Å². The number of amides is 1. The molecule has 4 rings (SSSR count). The lowest BCUT2D eigenvalue weighted by atomic mass is 10.2. The van der Waals surface area contributed by atoms with Gasteiger partial charge in [0, 0.05) is 37.1 Å². The molecule has 30 heavy (non-hydrogen) atoms. The highest BCUT2D eigenvalue weighted by atomic mass is 32.2. The van der Waals surface area contributed by atoms with E-state index < -0.39 is 10.0 Å². The monoisotopic (exact) mass is 445 g/mol. The molecule has 2 aromatic heterocycles. The summed E-state index contributed by atoms with van der Waals surface area (Å²) in [6.45, 7) is 4.80. The van der Waals surface area contributed by atoms with Gasteiger partial charge in [0.05, 0.1) is 11.4 Å². The summed E-state index contributed by atoms with van der Waals surface area (Å²) in [4.78, 5) is 19.4. The Morgan fingerprint density at radius 1 is 1.10 bits per heavy atom. The number of carbonyl (C=O) groups excluding carboxylic acids is 1. The summed E-state index contributed by atoms with van der Waals surface area (Å²) in [5, 5.41) is 9.30. The lowest BCUT2D eigenvalue weighted by molar-refractivity contribution is 0.0759. The van der Waals surface area contributed by atoms with Crippen LogP contribution in [0.1, 0.15) is 28.3 Å². The molecule has 1 N–H and O–H groups in total. The Balaban J connectivity index is 1.48. The van der Waals surface area contributed by atoms with Crippen LogP contribution in [-0.2, 0) is 10.0 Å². The molecule has 0 spiro atoms. The number of aryl methyl sites for hydroxylation is 2. The molecule has 1 aromatic carbocycles. The van der Waals surface area contributed by atoms with Crippen LogP contribution in [0.15, 0.2) is 40.6 Å². The molecule has 3 heterocycles. The normalized spacial score (nSPS) is 15.9. The fraction of sp³-hybridized carbons (Fsp3) is 0.350. The van der Waals surface area contributed by atoms with E-state index in [0.717, 1.165) is 10.6 Å². The molecule has 1 aliphatic rings. The molecule has 0 aliphatic carbocycles. The molecule has 8 nitrogen and oxygen atoms in total. The second-order valence-corrected chi connectivity index (χ2v) is 9.95. The van der Waals surface area contributed by atoms with Gasteiger partial charge in [0.2, 0.25) is 10.0 Å². The standard InChI is InChI=1S/C20H23N5O3S2/c1-14-18(15(2)23-22-14)30(27,28)25-10-6-9-24(11-12-25)20(26)17-13-29-19(21-17)16-7-4-3-5-8-16/h3-5,7-8,13H,6,9-12H2,1-2H3,(H,22,23). The van der Waals surface area contributed by atoms with Gasteiger partial charge in [-0.3, -0.25) is 9.89 Å². The largest absolute Gasteiger partial charge is 0.336 e. The SMILES string of the molecule is Cc1n[nH]c(C)c1S(=O)(=O)N1CCCN(C(=O)c2csc(-c3ccccc3)n2)CC1. The topological polar surface area (TPSA) is 99.3 Å². The van der Waals surface area contributed by atoms with Crippen molar-refractivity contribution in [3.63, 3.8) is 0 Å². The highest BCUT2D eigenvalue weighted by Gasteiger charge is 2.32. The van der Waals surface area contributed by atoms with Crippen molar-refractivity contribution in [1.29, 1.82) is 0 Å². The Bertz CT molecular complexity index is 1130. The van der Waals surface area contributed by atoms with Crippen molar-refractivity contribution < 1.29 is 13.2 Å². The maximum Gasteiger partial charge on any atom is 0.273 e. The fourth-order valence-corrected chi connectivity index (χ4v) is 6.24. The molecule has 0 unspecified atom stereocenters. The van der Waals surface area contributed by atoms with E-state index in [1.54, 1.807) is 24.1 Å². The molecule has 3 aromatic rings. The molecule has 0 bridgehead atoms. The van der Waals surface area contributed by atoms with Crippen LogP contribution in [0.2, 0.25) is 0 Å². The lowest BCUT2D eigenvalue weighted by Crippen LogP contribution is -2.37. The zero-order chi connectivity index (χ0) is 21.3. The van der Waals surface area contributed by atoms with Crippen LogP contribution in [0.3, 0.4) is 0 Å². The van der Waals surface area contributed by atoms with E-state index in [2.05, 4.69) is 15.2 Å². The summed E-state index contributed by atoms with van der Waals surface area (Å²) in [5.41, 5.74) is 2.36. The Hall–Kier alpha value is -2.56. The molecular weight excluding hydrogens is 422 g/mol. The lowest BCUT2D eigenvalue weighted by Gasteiger charge is -2.21. The minimum Gasteiger partial charge on any atom is -0.336 e. The maximum atomic E-state index is 13.1. The maximum absolute atomic E-state index is 13.1. The number of hydrogen-bond acceptors (Lipinski definition) is 6. The Morgan fingerprint density at radius 3 is 2.57 bits per heavy atom. The van der Waals surface area contributed by atoms with E-state index in [1.165, 1.54) is 15.6 Å². The van der Waals surface area contributed by atoms with Crippen LogP contribution < -0.4 is 0 Å². The van der Waals surface area contributed by atoms with E-state index in [0.29, 0.717) is 43.1 Å². The Labute approximate surface area is 179 Å². The second-order valence-electron chi connectivity index (χ2n) is 7.22. The number of sulfonamides is 1. The average molecular weight is 446 g/mol. The van der Waals surface area contributed by atoms with E-state index in [9.17, 15) is 13.2 Å². The molecule has 10 heteroatoms. The van der Waals surface area contributed by atoms with E-state index in [1.807, 2.05) is 30.3 Å². The van der Waals surface area contributed by atoms with E-state index in [4.69, 9.17) is 0 Å². The number of carbonyl (C=O) groups is 1. The zero-order valence-electron chi connectivity index (χ0n) is 16.8. The Kier molecular flexibility index (Phi) is 5.72. The minimum atomic E-state index is -3.66. The second kappa shape index (κ2) is 8.29. The van der Waals surface area contributed by atoms with Crippen molar-refractivity contribution in [3.05, 3.63) is 52.8 Å². The molecule has 1 fully saturated rings. The first-order chi connectivity index (χ1) is 14.4. The van der Waals surface area contributed by atoms with E-state index in [-0.39, 0.29) is 17.3 Å². The summed E-state index contributed by atoms with van der Waals surface area (Å²) in [6, 6.07) is 9.73. The van der Waals surface area contributed by atoms with Crippen LogP contribution in [0.5, 0.6) is 0 Å². The number of aromatic nitrogens is 3. The number of benzene rings is 1. The number of nitrogens with zero attached hydrogens (tertiary/aromatic N) is 4. The molecule has 1 saturated heterocycles. The molecule has 0 saturated carbocycles. The summed E-state index contributed by atoms with van der Waals surface area (Å²) in [5.74, 6) is -0.164. The third kappa shape index (κ3) is 3.90. The first kappa shape index (κ1) is 20.7. The summed E-state index contributed by atoms with van der Waals surface area (Å²) in [6.07, 6.45) is 0.566. The number of H-pyrrole nitrogens is 1. The number of nitrogens with one attached hydrogen (secondary N) is 1. The number of rotatable bonds is 4. The Morgan fingerprint density at radius 2 is 1.87 bits per heavy atom. The van der Waals surface area contributed by atoms with Crippen LogP contribution in [-0.4, -0.2) is 64.9 Å². The predicted octanol–water partition coefficient (Wildman–Crippen LogP) is 2.69. The number of hydrogen-bond donors (Lipinski definition) is 1. The van der Waals surface area contributed by atoms with Gasteiger partial charge >= 0.3 is 0 Å². The average Bonchev–Trinajstić information content (AvgIpc) is 3.27. The van der Waals surface area contributed by atoms with Gasteiger partial charge in [-0.15, -0.1) is 11.3 Å². The third-order valence-corrected chi connectivity index (χ3v) is 8.20. The van der Waals surface area contributed by atoms with Crippen molar-refractivity contribution >= 4 is 27.3 Å². The predicted molar refractivity (Wildman–Crippen MR) is 115 cm³/mol. The van der Waals surface area contributed by atoms with Crippen molar-refractivity contribution in [3.8, 4) is 10.6 Å². The van der Waals surface area contributed by atoms with Gasteiger partial charge in [-0.2, -0.15) is 9.40 Å². The summed E-state index contributed by atoms with van der Waals surface area (Å²) in [7, 11) is -3.66. The first-order valence-electron chi connectivity index (χ1n) is 9.70. The smallest absolute Gasteiger partial charge is 0.273 e. The van der Waals surface area contributed by atoms with Crippen LogP contribution in [0.4, 0.5) is 0 Å². The highest BCUT2D eigenvalue weighted by Crippen LogP contribution is 2.25.